The number of hydrogen-bond donors (Lipinski definition) is 2. The first-order chi connectivity index (χ1) is 9.21. The molecule has 0 aliphatic heterocycles. The zero-order chi connectivity index (χ0) is 15.3. The van der Waals surface area contributed by atoms with Gasteiger partial charge >= 0.3 is 0 Å². The molecule has 112 valence electrons. The van der Waals surface area contributed by atoms with Crippen molar-refractivity contribution in [3.63, 3.8) is 0 Å². The molecule has 1 aromatic rings. The molecule has 0 heterocycles. The van der Waals surface area contributed by atoms with E-state index < -0.39 is 23.6 Å². The molecule has 1 amide bonds. The van der Waals surface area contributed by atoms with Gasteiger partial charge in [-0.3, -0.25) is 4.79 Å². The van der Waals surface area contributed by atoms with Crippen LogP contribution in [0.15, 0.2) is 18.2 Å². The maximum atomic E-state index is 13.4. The SMILES string of the molecule is CC(O)CC(C)(C)CNC(=O)Cc1c(F)cccc1F. The number of halogens is 2. The molecule has 1 aromatic carbocycles. The van der Waals surface area contributed by atoms with E-state index in [9.17, 15) is 18.7 Å². The van der Waals surface area contributed by atoms with Crippen LogP contribution in [0.5, 0.6) is 0 Å². The van der Waals surface area contributed by atoms with Gasteiger partial charge in [0, 0.05) is 12.1 Å². The first-order valence-electron chi connectivity index (χ1n) is 6.59. The third-order valence-corrected chi connectivity index (χ3v) is 3.01. The van der Waals surface area contributed by atoms with Gasteiger partial charge in [0.15, 0.2) is 0 Å². The molecular formula is C15H21F2NO2. The van der Waals surface area contributed by atoms with Crippen molar-refractivity contribution >= 4 is 5.91 Å². The molecule has 0 radical (unpaired) electrons. The summed E-state index contributed by atoms with van der Waals surface area (Å²) >= 11 is 0. The van der Waals surface area contributed by atoms with Crippen LogP contribution in [0.25, 0.3) is 0 Å². The van der Waals surface area contributed by atoms with Crippen LogP contribution in [0.2, 0.25) is 0 Å². The number of carbonyl (C=O) groups is 1. The molecular weight excluding hydrogens is 264 g/mol. The Balaban J connectivity index is 2.56. The van der Waals surface area contributed by atoms with Crippen molar-refractivity contribution in [1.29, 1.82) is 0 Å². The highest BCUT2D eigenvalue weighted by atomic mass is 19.1. The molecule has 3 nitrogen and oxygen atoms in total. The summed E-state index contributed by atoms with van der Waals surface area (Å²) in [7, 11) is 0. The highest BCUT2D eigenvalue weighted by Crippen LogP contribution is 2.21. The molecule has 20 heavy (non-hydrogen) atoms. The van der Waals surface area contributed by atoms with Gasteiger partial charge in [-0.05, 0) is 30.9 Å². The van der Waals surface area contributed by atoms with E-state index in [1.165, 1.54) is 6.07 Å². The Hall–Kier alpha value is -1.49. The van der Waals surface area contributed by atoms with Crippen molar-refractivity contribution in [3.8, 4) is 0 Å². The number of carbonyl (C=O) groups excluding carboxylic acids is 1. The van der Waals surface area contributed by atoms with Crippen LogP contribution in [-0.2, 0) is 11.2 Å². The molecule has 2 N–H and O–H groups in total. The van der Waals surface area contributed by atoms with Gasteiger partial charge in [-0.25, -0.2) is 8.78 Å². The summed E-state index contributed by atoms with van der Waals surface area (Å²) < 4.78 is 26.8. The molecule has 5 heteroatoms. The number of nitrogens with one attached hydrogen (secondary N) is 1. The minimum Gasteiger partial charge on any atom is -0.393 e. The Morgan fingerprint density at radius 2 is 1.90 bits per heavy atom. The van der Waals surface area contributed by atoms with Gasteiger partial charge in [0.05, 0.1) is 12.5 Å². The Bertz CT molecular complexity index is 453. The maximum absolute atomic E-state index is 13.4. The van der Waals surface area contributed by atoms with E-state index in [0.29, 0.717) is 13.0 Å². The number of benzene rings is 1. The normalized spacial score (nSPS) is 13.1. The predicted octanol–water partition coefficient (Wildman–Crippen LogP) is 2.42. The number of aliphatic hydroxyl groups excluding tert-OH is 1. The summed E-state index contributed by atoms with van der Waals surface area (Å²) in [6, 6.07) is 3.52. The van der Waals surface area contributed by atoms with Crippen LogP contribution >= 0.6 is 0 Å². The second-order valence-corrected chi connectivity index (χ2v) is 5.87. The Kier molecular flexibility index (Phi) is 5.62. The van der Waals surface area contributed by atoms with E-state index in [2.05, 4.69) is 5.32 Å². The molecule has 0 aliphatic carbocycles. The minimum atomic E-state index is -0.719. The highest BCUT2D eigenvalue weighted by molar-refractivity contribution is 5.78. The third kappa shape index (κ3) is 5.25. The Morgan fingerprint density at radius 3 is 2.40 bits per heavy atom. The number of rotatable bonds is 6. The zero-order valence-electron chi connectivity index (χ0n) is 12.0. The van der Waals surface area contributed by atoms with E-state index in [1.54, 1.807) is 6.92 Å². The van der Waals surface area contributed by atoms with Gasteiger partial charge in [-0.1, -0.05) is 19.9 Å². The summed E-state index contributed by atoms with van der Waals surface area (Å²) in [5.41, 5.74) is -0.504. The first-order valence-corrected chi connectivity index (χ1v) is 6.59. The smallest absolute Gasteiger partial charge is 0.224 e. The van der Waals surface area contributed by atoms with Crippen molar-refractivity contribution in [2.75, 3.05) is 6.54 Å². The topological polar surface area (TPSA) is 49.3 Å². The van der Waals surface area contributed by atoms with Crippen molar-refractivity contribution in [1.82, 2.24) is 5.32 Å². The van der Waals surface area contributed by atoms with Crippen LogP contribution in [0, 0.1) is 17.0 Å². The highest BCUT2D eigenvalue weighted by Gasteiger charge is 2.21. The molecule has 1 unspecified atom stereocenters. The van der Waals surface area contributed by atoms with Crippen molar-refractivity contribution in [3.05, 3.63) is 35.4 Å². The van der Waals surface area contributed by atoms with Crippen LogP contribution in [0.3, 0.4) is 0 Å². The van der Waals surface area contributed by atoms with Crippen LogP contribution in [0.4, 0.5) is 8.78 Å². The molecule has 0 spiro atoms. The molecule has 0 bridgehead atoms. The summed E-state index contributed by atoms with van der Waals surface area (Å²) in [6.45, 7) is 5.83. The van der Waals surface area contributed by atoms with Gasteiger partial charge < -0.3 is 10.4 Å². The fourth-order valence-corrected chi connectivity index (χ4v) is 2.13. The van der Waals surface area contributed by atoms with Gasteiger partial charge in [0.25, 0.3) is 0 Å². The van der Waals surface area contributed by atoms with E-state index in [4.69, 9.17) is 0 Å². The van der Waals surface area contributed by atoms with E-state index in [-0.39, 0.29) is 17.4 Å². The van der Waals surface area contributed by atoms with E-state index in [1.807, 2.05) is 13.8 Å². The molecule has 1 rings (SSSR count). The Labute approximate surface area is 118 Å². The molecule has 0 fully saturated rings. The molecule has 0 saturated heterocycles. The lowest BCUT2D eigenvalue weighted by molar-refractivity contribution is -0.121. The van der Waals surface area contributed by atoms with Gasteiger partial charge in [0.2, 0.25) is 5.91 Å². The monoisotopic (exact) mass is 285 g/mol. The second-order valence-electron chi connectivity index (χ2n) is 5.87. The average Bonchev–Trinajstić information content (AvgIpc) is 2.30. The second kappa shape index (κ2) is 6.79. The fourth-order valence-electron chi connectivity index (χ4n) is 2.13. The number of aliphatic hydroxyl groups is 1. The van der Waals surface area contributed by atoms with Crippen molar-refractivity contribution < 1.29 is 18.7 Å². The van der Waals surface area contributed by atoms with E-state index in [0.717, 1.165) is 12.1 Å². The zero-order valence-corrected chi connectivity index (χ0v) is 12.0. The van der Waals surface area contributed by atoms with Gasteiger partial charge in [0.1, 0.15) is 11.6 Å². The average molecular weight is 285 g/mol. The summed E-state index contributed by atoms with van der Waals surface area (Å²) in [5, 5.41) is 12.0. The number of hydrogen-bond acceptors (Lipinski definition) is 2. The summed E-state index contributed by atoms with van der Waals surface area (Å²) in [5.74, 6) is -1.88. The maximum Gasteiger partial charge on any atom is 0.224 e. The molecule has 0 aliphatic rings. The fraction of sp³-hybridized carbons (Fsp3) is 0.533. The van der Waals surface area contributed by atoms with Crippen molar-refractivity contribution in [2.45, 2.75) is 39.7 Å². The quantitative estimate of drug-likeness (QED) is 0.843. The first kappa shape index (κ1) is 16.6. The lowest BCUT2D eigenvalue weighted by Gasteiger charge is -2.26. The molecule has 0 aromatic heterocycles. The molecule has 0 saturated carbocycles. The Morgan fingerprint density at radius 1 is 1.35 bits per heavy atom. The van der Waals surface area contributed by atoms with Crippen LogP contribution < -0.4 is 5.32 Å². The van der Waals surface area contributed by atoms with Gasteiger partial charge in [-0.15, -0.1) is 0 Å². The van der Waals surface area contributed by atoms with Crippen LogP contribution in [0.1, 0.15) is 32.8 Å². The summed E-state index contributed by atoms with van der Waals surface area (Å²) in [6.07, 6.45) is -0.268. The van der Waals surface area contributed by atoms with Crippen LogP contribution in [-0.4, -0.2) is 23.7 Å². The molecule has 1 atom stereocenters. The van der Waals surface area contributed by atoms with Gasteiger partial charge in [-0.2, -0.15) is 0 Å². The minimum absolute atomic E-state index is 0.224. The third-order valence-electron chi connectivity index (χ3n) is 3.01. The standard InChI is InChI=1S/C15H21F2NO2/c1-10(19)8-15(2,3)9-18-14(20)7-11-12(16)5-4-6-13(11)17/h4-6,10,19H,7-9H2,1-3H3,(H,18,20). The largest absolute Gasteiger partial charge is 0.393 e. The van der Waals surface area contributed by atoms with Crippen molar-refractivity contribution in [2.24, 2.45) is 5.41 Å². The van der Waals surface area contributed by atoms with E-state index >= 15 is 0 Å². The predicted molar refractivity (Wildman–Crippen MR) is 73.2 cm³/mol. The lowest BCUT2D eigenvalue weighted by Crippen LogP contribution is -2.36. The summed E-state index contributed by atoms with van der Waals surface area (Å²) in [4.78, 5) is 11.7. The number of amides is 1. The lowest BCUT2D eigenvalue weighted by atomic mass is 9.87.